The highest BCUT2D eigenvalue weighted by Gasteiger charge is 2.33. The van der Waals surface area contributed by atoms with Gasteiger partial charge in [0.25, 0.3) is 0 Å². The number of nitrogens with two attached hydrogens (primary N) is 1. The molecule has 3 nitrogen and oxygen atoms in total. The van der Waals surface area contributed by atoms with E-state index in [9.17, 15) is 0 Å². The first-order chi connectivity index (χ1) is 8.69. The van der Waals surface area contributed by atoms with E-state index in [0.717, 1.165) is 31.2 Å². The fraction of sp³-hybridized carbons (Fsp3) is 0.500. The molecule has 18 heavy (non-hydrogen) atoms. The Morgan fingerprint density at radius 1 is 1.17 bits per heavy atom. The molecule has 1 aliphatic carbocycles. The molecule has 2 N–H and O–H groups in total. The monoisotopic (exact) mass is 264 g/mol. The summed E-state index contributed by atoms with van der Waals surface area (Å²) in [5.41, 5.74) is 7.53. The summed E-state index contributed by atoms with van der Waals surface area (Å²) in [4.78, 5) is 4.53. The van der Waals surface area contributed by atoms with Crippen molar-refractivity contribution in [3.05, 3.63) is 29.1 Å². The normalized spacial score (nSPS) is 19.9. The average Bonchev–Trinajstić information content (AvgIpc) is 2.69. The fourth-order valence-electron chi connectivity index (χ4n) is 2.70. The largest absolute Gasteiger partial charge is 0.437 e. The molecule has 96 valence electrons. The molecule has 0 radical (unpaired) electrons. The molecule has 3 rings (SSSR count). The van der Waals surface area contributed by atoms with Crippen LogP contribution in [0.1, 0.15) is 44.4 Å². The van der Waals surface area contributed by atoms with Gasteiger partial charge in [0.15, 0.2) is 5.58 Å². The van der Waals surface area contributed by atoms with Gasteiger partial charge in [-0.15, -0.1) is 0 Å². The van der Waals surface area contributed by atoms with Crippen LogP contribution >= 0.6 is 11.6 Å². The highest BCUT2D eigenvalue weighted by Crippen LogP contribution is 2.36. The summed E-state index contributed by atoms with van der Waals surface area (Å²) in [6.07, 6.45) is 6.67. The van der Waals surface area contributed by atoms with Gasteiger partial charge >= 0.3 is 0 Å². The second-order valence-electron chi connectivity index (χ2n) is 5.18. The van der Waals surface area contributed by atoms with E-state index >= 15 is 0 Å². The van der Waals surface area contributed by atoms with Crippen LogP contribution < -0.4 is 5.73 Å². The lowest BCUT2D eigenvalue weighted by Gasteiger charge is -2.23. The van der Waals surface area contributed by atoms with Crippen LogP contribution in [0, 0.1) is 0 Å². The van der Waals surface area contributed by atoms with E-state index in [1.54, 1.807) is 0 Å². The smallest absolute Gasteiger partial charge is 0.215 e. The van der Waals surface area contributed by atoms with Crippen molar-refractivity contribution in [2.24, 2.45) is 5.73 Å². The van der Waals surface area contributed by atoms with Crippen LogP contribution in [-0.2, 0) is 5.54 Å². The van der Waals surface area contributed by atoms with Gasteiger partial charge in [-0.1, -0.05) is 43.4 Å². The Morgan fingerprint density at radius 2 is 1.89 bits per heavy atom. The summed E-state index contributed by atoms with van der Waals surface area (Å²) in [5.74, 6) is 0.646. The van der Waals surface area contributed by atoms with Gasteiger partial charge in [0.05, 0.1) is 10.6 Å². The zero-order valence-corrected chi connectivity index (χ0v) is 11.0. The Hall–Kier alpha value is -1.06. The third kappa shape index (κ3) is 2.02. The SMILES string of the molecule is NC1(c2nc3cccc(Cl)c3o2)CCCCCC1. The molecule has 4 heteroatoms. The molecule has 1 aromatic heterocycles. The molecular weight excluding hydrogens is 248 g/mol. The van der Waals surface area contributed by atoms with Gasteiger partial charge in [0, 0.05) is 0 Å². The zero-order valence-electron chi connectivity index (χ0n) is 10.3. The third-order valence-corrected chi connectivity index (χ3v) is 4.09. The van der Waals surface area contributed by atoms with Crippen molar-refractivity contribution in [1.82, 2.24) is 4.98 Å². The van der Waals surface area contributed by atoms with Gasteiger partial charge in [0.1, 0.15) is 5.52 Å². The summed E-state index contributed by atoms with van der Waals surface area (Å²) >= 11 is 6.11. The fourth-order valence-corrected chi connectivity index (χ4v) is 2.91. The lowest BCUT2D eigenvalue weighted by atomic mass is 9.91. The summed E-state index contributed by atoms with van der Waals surface area (Å²) in [7, 11) is 0. The molecule has 1 fully saturated rings. The van der Waals surface area contributed by atoms with E-state index in [-0.39, 0.29) is 0 Å². The minimum Gasteiger partial charge on any atom is -0.437 e. The Labute approximate surface area is 111 Å². The van der Waals surface area contributed by atoms with Crippen molar-refractivity contribution in [3.8, 4) is 0 Å². The number of rotatable bonds is 1. The number of benzene rings is 1. The number of para-hydroxylation sites is 1. The van der Waals surface area contributed by atoms with E-state index in [2.05, 4.69) is 4.98 Å². The molecule has 1 aromatic carbocycles. The first-order valence-electron chi connectivity index (χ1n) is 6.53. The molecule has 2 aromatic rings. The Balaban J connectivity index is 2.05. The number of halogens is 1. The maximum absolute atomic E-state index is 6.49. The number of fused-ring (bicyclic) bond motifs is 1. The summed E-state index contributed by atoms with van der Waals surface area (Å²) < 4.78 is 5.83. The van der Waals surface area contributed by atoms with Gasteiger partial charge in [-0.25, -0.2) is 4.98 Å². The minimum absolute atomic E-state index is 0.418. The molecule has 0 amide bonds. The standard InChI is InChI=1S/C14H17ClN2O/c15-10-6-5-7-11-12(10)18-13(17-11)14(16)8-3-1-2-4-9-14/h5-7H,1-4,8-9,16H2. The van der Waals surface area contributed by atoms with Gasteiger partial charge < -0.3 is 10.2 Å². The summed E-state index contributed by atoms with van der Waals surface area (Å²) in [6.45, 7) is 0. The predicted octanol–water partition coefficient (Wildman–Crippen LogP) is 3.99. The van der Waals surface area contributed by atoms with Crippen LogP contribution in [0.2, 0.25) is 5.02 Å². The molecule has 0 unspecified atom stereocenters. The minimum atomic E-state index is -0.418. The Morgan fingerprint density at radius 3 is 2.56 bits per heavy atom. The van der Waals surface area contributed by atoms with Crippen LogP contribution in [0.3, 0.4) is 0 Å². The van der Waals surface area contributed by atoms with E-state index in [0.29, 0.717) is 16.5 Å². The number of hydrogen-bond donors (Lipinski definition) is 1. The molecular formula is C14H17ClN2O. The third-order valence-electron chi connectivity index (χ3n) is 3.79. The zero-order chi connectivity index (χ0) is 12.6. The molecule has 0 saturated heterocycles. The number of aromatic nitrogens is 1. The van der Waals surface area contributed by atoms with Crippen LogP contribution in [0.15, 0.2) is 22.6 Å². The van der Waals surface area contributed by atoms with Crippen molar-refractivity contribution in [2.45, 2.75) is 44.1 Å². The maximum atomic E-state index is 6.49. The van der Waals surface area contributed by atoms with Crippen molar-refractivity contribution in [3.63, 3.8) is 0 Å². The van der Waals surface area contributed by atoms with E-state index in [4.69, 9.17) is 21.8 Å². The molecule has 0 aliphatic heterocycles. The summed E-state index contributed by atoms with van der Waals surface area (Å²) in [5, 5.41) is 0.600. The molecule has 0 bridgehead atoms. The lowest BCUT2D eigenvalue weighted by Crippen LogP contribution is -2.36. The van der Waals surface area contributed by atoms with Crippen molar-refractivity contribution < 1.29 is 4.42 Å². The van der Waals surface area contributed by atoms with Crippen molar-refractivity contribution >= 4 is 22.7 Å². The summed E-state index contributed by atoms with van der Waals surface area (Å²) in [6, 6.07) is 5.61. The highest BCUT2D eigenvalue weighted by molar-refractivity contribution is 6.34. The average molecular weight is 265 g/mol. The highest BCUT2D eigenvalue weighted by atomic mass is 35.5. The van der Waals surface area contributed by atoms with Crippen LogP contribution in [0.5, 0.6) is 0 Å². The van der Waals surface area contributed by atoms with Crippen molar-refractivity contribution in [2.75, 3.05) is 0 Å². The van der Waals surface area contributed by atoms with Gasteiger partial charge in [-0.05, 0) is 25.0 Å². The van der Waals surface area contributed by atoms with Gasteiger partial charge in [0.2, 0.25) is 5.89 Å². The topological polar surface area (TPSA) is 52.0 Å². The lowest BCUT2D eigenvalue weighted by molar-refractivity contribution is 0.301. The first-order valence-corrected chi connectivity index (χ1v) is 6.91. The van der Waals surface area contributed by atoms with Gasteiger partial charge in [-0.3, -0.25) is 0 Å². The quantitative estimate of drug-likeness (QED) is 0.793. The number of nitrogens with zero attached hydrogens (tertiary/aromatic N) is 1. The van der Waals surface area contributed by atoms with Crippen LogP contribution in [-0.4, -0.2) is 4.98 Å². The molecule has 1 heterocycles. The number of hydrogen-bond acceptors (Lipinski definition) is 3. The van der Waals surface area contributed by atoms with Crippen LogP contribution in [0.4, 0.5) is 0 Å². The van der Waals surface area contributed by atoms with Gasteiger partial charge in [-0.2, -0.15) is 0 Å². The molecule has 1 saturated carbocycles. The molecule has 1 aliphatic rings. The van der Waals surface area contributed by atoms with Crippen LogP contribution in [0.25, 0.3) is 11.1 Å². The maximum Gasteiger partial charge on any atom is 0.215 e. The van der Waals surface area contributed by atoms with E-state index in [1.807, 2.05) is 18.2 Å². The van der Waals surface area contributed by atoms with E-state index < -0.39 is 5.54 Å². The first kappa shape index (κ1) is 12.0. The van der Waals surface area contributed by atoms with Crippen molar-refractivity contribution in [1.29, 1.82) is 0 Å². The second kappa shape index (κ2) is 4.56. The Kier molecular flexibility index (Phi) is 3.04. The molecule has 0 atom stereocenters. The second-order valence-corrected chi connectivity index (χ2v) is 5.58. The predicted molar refractivity (Wildman–Crippen MR) is 72.6 cm³/mol. The van der Waals surface area contributed by atoms with E-state index in [1.165, 1.54) is 12.8 Å². The number of oxazole rings is 1. The Bertz CT molecular complexity index is 556. The molecule has 0 spiro atoms.